The zero-order valence-electron chi connectivity index (χ0n) is 16.3. The molecular weight excluding hydrogens is 362 g/mol. The molecule has 1 aromatic carbocycles. The molecule has 3 N–H and O–H groups in total. The van der Waals surface area contributed by atoms with Crippen molar-refractivity contribution in [3.63, 3.8) is 0 Å². The van der Waals surface area contributed by atoms with Gasteiger partial charge in [0.15, 0.2) is 0 Å². The number of methoxy groups -OCH3 is 1. The summed E-state index contributed by atoms with van der Waals surface area (Å²) in [4.78, 5) is 15.9. The number of ether oxygens (including phenoxy) is 1. The maximum absolute atomic E-state index is 12.8. The molecule has 2 atom stereocenters. The molecule has 1 aromatic rings. The molecule has 1 aliphatic heterocycles. The number of nitrogens with two attached hydrogens (primary N) is 1. The highest BCUT2D eigenvalue weighted by molar-refractivity contribution is 7.85. The Morgan fingerprint density at radius 3 is 2.70 bits per heavy atom. The van der Waals surface area contributed by atoms with Gasteiger partial charge in [-0.25, -0.2) is 0 Å². The highest BCUT2D eigenvalue weighted by Crippen LogP contribution is 2.30. The van der Waals surface area contributed by atoms with E-state index in [0.717, 1.165) is 13.0 Å². The minimum atomic E-state index is -1.22. The number of carbonyl (C=O) groups excluding carboxylic acids is 1. The third-order valence-electron chi connectivity index (χ3n) is 5.80. The smallest absolute Gasteiger partial charge is 0.255 e. The molecule has 1 saturated carbocycles. The number of carbonyl (C=O) groups is 1. The molecule has 0 spiro atoms. The fourth-order valence-electron chi connectivity index (χ4n) is 4.37. The molecule has 2 aliphatic rings. The number of anilines is 1. The number of nitrogens with zero attached hydrogens (tertiary/aromatic N) is 1. The van der Waals surface area contributed by atoms with Crippen LogP contribution < -0.4 is 15.8 Å². The van der Waals surface area contributed by atoms with Crippen LogP contribution in [0.2, 0.25) is 0 Å². The van der Waals surface area contributed by atoms with Crippen LogP contribution in [0.3, 0.4) is 0 Å². The number of nitrogen functional groups attached to an aromatic ring is 1. The lowest BCUT2D eigenvalue weighted by Gasteiger charge is -2.30. The fourth-order valence-corrected chi connectivity index (χ4v) is 5.26. The number of hydrogen-bond acceptors (Lipinski definition) is 5. The molecular formula is C20H31N3O3S. The largest absolute Gasteiger partial charge is 0.496 e. The summed E-state index contributed by atoms with van der Waals surface area (Å²) < 4.78 is 17.6. The highest BCUT2D eigenvalue weighted by atomic mass is 32.2. The van der Waals surface area contributed by atoms with Gasteiger partial charge in [-0.2, -0.15) is 0 Å². The second kappa shape index (κ2) is 9.06. The number of nitrogens with one attached hydrogen (secondary N) is 1. The van der Waals surface area contributed by atoms with Crippen LogP contribution in [0.1, 0.15) is 55.8 Å². The van der Waals surface area contributed by atoms with Crippen molar-refractivity contribution in [1.82, 2.24) is 10.2 Å². The molecule has 1 aliphatic carbocycles. The van der Waals surface area contributed by atoms with Crippen LogP contribution >= 0.6 is 0 Å². The lowest BCUT2D eigenvalue weighted by Crippen LogP contribution is -2.44. The summed E-state index contributed by atoms with van der Waals surface area (Å²) in [5.74, 6) is 0.677. The second-order valence-electron chi connectivity index (χ2n) is 7.41. The van der Waals surface area contributed by atoms with Gasteiger partial charge in [0.2, 0.25) is 0 Å². The first-order valence-electron chi connectivity index (χ1n) is 9.95. The predicted molar refractivity (Wildman–Crippen MR) is 109 cm³/mol. The second-order valence-corrected chi connectivity index (χ2v) is 9.11. The van der Waals surface area contributed by atoms with Crippen molar-refractivity contribution in [1.29, 1.82) is 0 Å². The Morgan fingerprint density at radius 2 is 2.04 bits per heavy atom. The average Bonchev–Trinajstić information content (AvgIpc) is 3.36. The third-order valence-corrected chi connectivity index (χ3v) is 7.17. The van der Waals surface area contributed by atoms with Gasteiger partial charge in [-0.05, 0) is 38.3 Å². The minimum Gasteiger partial charge on any atom is -0.496 e. The zero-order valence-corrected chi connectivity index (χ0v) is 17.1. The first-order valence-corrected chi connectivity index (χ1v) is 11.3. The molecule has 1 saturated heterocycles. The van der Waals surface area contributed by atoms with Gasteiger partial charge >= 0.3 is 0 Å². The van der Waals surface area contributed by atoms with E-state index >= 15 is 0 Å². The summed E-state index contributed by atoms with van der Waals surface area (Å²) in [7, 11) is 0.293. The van der Waals surface area contributed by atoms with Crippen molar-refractivity contribution < 1.29 is 13.7 Å². The summed E-state index contributed by atoms with van der Waals surface area (Å²) in [6.07, 6.45) is 7.52. The SMILES string of the molecule is CCS(=O)c1cc(C(=O)NCC2CCCN2C2CCCC2)c(OC)cc1N. The normalized spacial score (nSPS) is 22.1. The first-order chi connectivity index (χ1) is 13.0. The molecule has 3 rings (SSSR count). The van der Waals surface area contributed by atoms with Crippen LogP contribution in [-0.2, 0) is 10.8 Å². The number of benzene rings is 1. The standard InChI is InChI=1S/C20H31N3O3S/c1-3-27(25)19-11-16(18(26-2)12-17(19)21)20(24)22-13-15-9-6-10-23(15)14-7-4-5-8-14/h11-12,14-15H,3-10,13,21H2,1-2H3,(H,22,24). The summed E-state index contributed by atoms with van der Waals surface area (Å²) in [5, 5.41) is 3.07. The summed E-state index contributed by atoms with van der Waals surface area (Å²) in [5.41, 5.74) is 6.78. The van der Waals surface area contributed by atoms with Crippen molar-refractivity contribution in [3.8, 4) is 5.75 Å². The van der Waals surface area contributed by atoms with Crippen LogP contribution in [0.25, 0.3) is 0 Å². The summed E-state index contributed by atoms with van der Waals surface area (Å²) >= 11 is 0. The van der Waals surface area contributed by atoms with E-state index in [1.54, 1.807) is 12.1 Å². The van der Waals surface area contributed by atoms with Crippen LogP contribution in [-0.4, -0.2) is 53.1 Å². The summed E-state index contributed by atoms with van der Waals surface area (Å²) in [6.45, 7) is 3.60. The Morgan fingerprint density at radius 1 is 1.30 bits per heavy atom. The van der Waals surface area contributed by atoms with E-state index < -0.39 is 10.8 Å². The van der Waals surface area contributed by atoms with Gasteiger partial charge in [0, 0.05) is 30.4 Å². The van der Waals surface area contributed by atoms with E-state index in [0.29, 0.717) is 46.3 Å². The summed E-state index contributed by atoms with van der Waals surface area (Å²) in [6, 6.07) is 4.30. The maximum Gasteiger partial charge on any atom is 0.255 e. The van der Waals surface area contributed by atoms with E-state index in [4.69, 9.17) is 10.5 Å². The molecule has 27 heavy (non-hydrogen) atoms. The average molecular weight is 394 g/mol. The third kappa shape index (κ3) is 4.46. The van der Waals surface area contributed by atoms with E-state index in [2.05, 4.69) is 10.2 Å². The van der Waals surface area contributed by atoms with Crippen LogP contribution in [0, 0.1) is 0 Å². The van der Waals surface area contributed by atoms with Crippen molar-refractivity contribution in [2.75, 3.05) is 31.7 Å². The predicted octanol–water partition coefficient (Wildman–Crippen LogP) is 2.54. The molecule has 6 nitrogen and oxygen atoms in total. The molecule has 2 fully saturated rings. The van der Waals surface area contributed by atoms with E-state index in [9.17, 15) is 9.00 Å². The molecule has 0 aromatic heterocycles. The van der Waals surface area contributed by atoms with Crippen LogP contribution in [0.5, 0.6) is 5.75 Å². The van der Waals surface area contributed by atoms with Gasteiger partial charge in [0.1, 0.15) is 5.75 Å². The van der Waals surface area contributed by atoms with Gasteiger partial charge in [-0.1, -0.05) is 19.8 Å². The lowest BCUT2D eigenvalue weighted by atomic mass is 10.1. The minimum absolute atomic E-state index is 0.195. The van der Waals surface area contributed by atoms with Gasteiger partial charge in [0.25, 0.3) is 5.91 Å². The Labute approximate surface area is 164 Å². The van der Waals surface area contributed by atoms with Crippen molar-refractivity contribution in [2.45, 2.75) is 62.4 Å². The Bertz CT molecular complexity index is 704. The number of rotatable bonds is 7. The lowest BCUT2D eigenvalue weighted by molar-refractivity contribution is 0.0928. The zero-order chi connectivity index (χ0) is 19.4. The van der Waals surface area contributed by atoms with E-state index in [-0.39, 0.29) is 5.91 Å². The molecule has 150 valence electrons. The Hall–Kier alpha value is -1.60. The Balaban J connectivity index is 1.70. The molecule has 2 unspecified atom stereocenters. The van der Waals surface area contributed by atoms with Gasteiger partial charge in [0.05, 0.1) is 34.1 Å². The first kappa shape index (κ1) is 20.1. The molecule has 1 amide bonds. The fraction of sp³-hybridized carbons (Fsp3) is 0.650. The highest BCUT2D eigenvalue weighted by Gasteiger charge is 2.32. The van der Waals surface area contributed by atoms with Gasteiger partial charge < -0.3 is 15.8 Å². The topological polar surface area (TPSA) is 84.7 Å². The van der Waals surface area contributed by atoms with Crippen molar-refractivity contribution in [3.05, 3.63) is 17.7 Å². The maximum atomic E-state index is 12.8. The van der Waals surface area contributed by atoms with E-state index in [1.807, 2.05) is 6.92 Å². The van der Waals surface area contributed by atoms with Crippen LogP contribution in [0.15, 0.2) is 17.0 Å². The quantitative estimate of drug-likeness (QED) is 0.696. The Kier molecular flexibility index (Phi) is 6.76. The number of likely N-dealkylation sites (tertiary alicyclic amines) is 1. The van der Waals surface area contributed by atoms with Crippen molar-refractivity contribution >= 4 is 22.4 Å². The van der Waals surface area contributed by atoms with Crippen LogP contribution in [0.4, 0.5) is 5.69 Å². The van der Waals surface area contributed by atoms with E-state index in [1.165, 1.54) is 39.2 Å². The van der Waals surface area contributed by atoms with Gasteiger partial charge in [-0.3, -0.25) is 13.9 Å². The molecule has 1 heterocycles. The number of hydrogen-bond donors (Lipinski definition) is 2. The van der Waals surface area contributed by atoms with Gasteiger partial charge in [-0.15, -0.1) is 0 Å². The van der Waals surface area contributed by atoms with Crippen molar-refractivity contribution in [2.24, 2.45) is 0 Å². The number of amides is 1. The monoisotopic (exact) mass is 393 g/mol. The molecule has 0 bridgehead atoms. The molecule has 7 heteroatoms. The molecule has 0 radical (unpaired) electrons.